The minimum atomic E-state index is -1.18. The number of aromatic nitrogens is 3. The van der Waals surface area contributed by atoms with Crippen LogP contribution in [0.5, 0.6) is 0 Å². The number of hydrogen-bond donors (Lipinski definition) is 2. The second-order valence-electron chi connectivity index (χ2n) is 8.86. The van der Waals surface area contributed by atoms with Crippen LogP contribution in [0.2, 0.25) is 0 Å². The van der Waals surface area contributed by atoms with E-state index in [0.717, 1.165) is 0 Å². The zero-order chi connectivity index (χ0) is 24.9. The molecule has 0 aliphatic carbocycles. The number of amides is 1. The van der Waals surface area contributed by atoms with Crippen molar-refractivity contribution in [3.63, 3.8) is 0 Å². The zero-order valence-corrected chi connectivity index (χ0v) is 19.6. The van der Waals surface area contributed by atoms with Gasteiger partial charge in [0.05, 0.1) is 17.6 Å². The van der Waals surface area contributed by atoms with Crippen molar-refractivity contribution in [1.82, 2.24) is 20.5 Å². The highest BCUT2D eigenvalue weighted by Gasteiger charge is 2.33. The maximum atomic E-state index is 14.4. The third-order valence-electron chi connectivity index (χ3n) is 5.31. The van der Waals surface area contributed by atoms with Crippen LogP contribution in [0.4, 0.5) is 19.0 Å². The molecule has 0 radical (unpaired) electrons. The fourth-order valence-corrected chi connectivity index (χ4v) is 3.77. The summed E-state index contributed by atoms with van der Waals surface area (Å²) < 4.78 is 42.7. The van der Waals surface area contributed by atoms with E-state index in [2.05, 4.69) is 25.8 Å². The zero-order valence-electron chi connectivity index (χ0n) is 19.6. The molecule has 0 aliphatic rings. The fraction of sp³-hybridized carbons (Fsp3) is 0.360. The summed E-state index contributed by atoms with van der Waals surface area (Å²) in [6.45, 7) is 6.97. The number of benzene rings is 1. The van der Waals surface area contributed by atoms with Gasteiger partial charge in [-0.25, -0.2) is 13.2 Å². The van der Waals surface area contributed by atoms with Gasteiger partial charge in [0.1, 0.15) is 17.5 Å². The van der Waals surface area contributed by atoms with Gasteiger partial charge in [-0.2, -0.15) is 0 Å². The Bertz CT molecular complexity index is 1140. The van der Waals surface area contributed by atoms with Crippen LogP contribution in [-0.4, -0.2) is 39.8 Å². The SMILES string of the molecule is CC(C)NC(=O)c1ccc(F)c(-c2ccc(NC[C@](C)(C[C@H](C)F)c3ncccc3F)nn2)c1. The fourth-order valence-electron chi connectivity index (χ4n) is 3.77. The number of anilines is 1. The predicted molar refractivity (Wildman–Crippen MR) is 125 cm³/mol. The van der Waals surface area contributed by atoms with E-state index in [1.54, 1.807) is 19.1 Å². The largest absolute Gasteiger partial charge is 0.368 e. The Kier molecular flexibility index (Phi) is 7.86. The molecular weight excluding hydrogens is 443 g/mol. The summed E-state index contributed by atoms with van der Waals surface area (Å²) in [6, 6.07) is 9.92. The number of nitrogens with one attached hydrogen (secondary N) is 2. The first-order chi connectivity index (χ1) is 16.1. The summed E-state index contributed by atoms with van der Waals surface area (Å²) >= 11 is 0. The molecule has 0 unspecified atom stereocenters. The Labute approximate surface area is 197 Å². The molecule has 180 valence electrons. The molecule has 2 aromatic heterocycles. The number of hydrogen-bond acceptors (Lipinski definition) is 5. The van der Waals surface area contributed by atoms with Crippen LogP contribution >= 0.6 is 0 Å². The first kappa shape index (κ1) is 25.1. The third-order valence-corrected chi connectivity index (χ3v) is 5.31. The number of pyridine rings is 1. The molecule has 0 saturated carbocycles. The van der Waals surface area contributed by atoms with Gasteiger partial charge in [0, 0.05) is 35.3 Å². The van der Waals surface area contributed by atoms with Crippen molar-refractivity contribution in [2.75, 3.05) is 11.9 Å². The summed E-state index contributed by atoms with van der Waals surface area (Å²) in [5.41, 5.74) is -0.0811. The minimum absolute atomic E-state index is 0.0515. The van der Waals surface area contributed by atoms with Crippen molar-refractivity contribution < 1.29 is 18.0 Å². The average Bonchev–Trinajstić information content (AvgIpc) is 2.78. The van der Waals surface area contributed by atoms with Crippen molar-refractivity contribution in [2.24, 2.45) is 0 Å². The Morgan fingerprint density at radius 2 is 1.82 bits per heavy atom. The molecule has 3 aromatic rings. The van der Waals surface area contributed by atoms with Crippen molar-refractivity contribution in [3.8, 4) is 11.3 Å². The molecule has 3 rings (SSSR count). The second kappa shape index (κ2) is 10.6. The Hall–Kier alpha value is -3.49. The van der Waals surface area contributed by atoms with E-state index in [1.807, 2.05) is 13.8 Å². The lowest BCUT2D eigenvalue weighted by atomic mass is 9.81. The van der Waals surface area contributed by atoms with Gasteiger partial charge in [0.25, 0.3) is 5.91 Å². The molecule has 0 fully saturated rings. The minimum Gasteiger partial charge on any atom is -0.368 e. The summed E-state index contributed by atoms with van der Waals surface area (Å²) in [7, 11) is 0. The van der Waals surface area contributed by atoms with Gasteiger partial charge >= 0.3 is 0 Å². The number of carbonyl (C=O) groups is 1. The number of rotatable bonds is 9. The molecule has 0 spiro atoms. The predicted octanol–water partition coefficient (Wildman–Crippen LogP) is 5.07. The highest BCUT2D eigenvalue weighted by molar-refractivity contribution is 5.95. The Balaban J connectivity index is 1.79. The van der Waals surface area contributed by atoms with Gasteiger partial charge in [-0.1, -0.05) is 6.92 Å². The molecule has 0 aliphatic heterocycles. The Morgan fingerprint density at radius 1 is 1.06 bits per heavy atom. The molecular formula is C25H28F3N5O. The highest BCUT2D eigenvalue weighted by atomic mass is 19.1. The van der Waals surface area contributed by atoms with Crippen LogP contribution < -0.4 is 10.6 Å². The highest BCUT2D eigenvalue weighted by Crippen LogP contribution is 2.31. The van der Waals surface area contributed by atoms with Crippen LogP contribution in [-0.2, 0) is 5.41 Å². The van der Waals surface area contributed by atoms with Crippen molar-refractivity contribution in [1.29, 1.82) is 0 Å². The molecule has 2 N–H and O–H groups in total. The molecule has 2 atom stereocenters. The van der Waals surface area contributed by atoms with Gasteiger partial charge < -0.3 is 10.6 Å². The maximum absolute atomic E-state index is 14.4. The summed E-state index contributed by atoms with van der Waals surface area (Å²) in [4.78, 5) is 16.4. The molecule has 1 amide bonds. The molecule has 6 nitrogen and oxygen atoms in total. The first-order valence-electron chi connectivity index (χ1n) is 11.0. The van der Waals surface area contributed by atoms with Crippen LogP contribution in [0.1, 0.15) is 50.2 Å². The molecule has 9 heteroatoms. The lowest BCUT2D eigenvalue weighted by Gasteiger charge is -2.30. The van der Waals surface area contributed by atoms with Crippen LogP contribution in [0.15, 0.2) is 48.7 Å². The lowest BCUT2D eigenvalue weighted by Crippen LogP contribution is -2.35. The number of nitrogens with zero attached hydrogens (tertiary/aromatic N) is 3. The standard InChI is InChI=1S/C25H28F3N5O/c1-15(2)31-24(34)17-7-8-19(27)18(12-17)21-9-10-22(33-32-21)30-14-25(4,13-16(3)26)23-20(28)6-5-11-29-23/h5-12,15-16H,13-14H2,1-4H3,(H,30,33)(H,31,34)/t16-,25-/m0/s1. The van der Waals surface area contributed by atoms with Gasteiger partial charge in [0.2, 0.25) is 0 Å². The summed E-state index contributed by atoms with van der Waals surface area (Å²) in [5, 5.41) is 14.0. The molecule has 0 saturated heterocycles. The van der Waals surface area contributed by atoms with E-state index in [4.69, 9.17) is 0 Å². The van der Waals surface area contributed by atoms with Crippen LogP contribution in [0, 0.1) is 11.6 Å². The number of carbonyl (C=O) groups excluding carboxylic acids is 1. The number of halogens is 3. The smallest absolute Gasteiger partial charge is 0.251 e. The average molecular weight is 472 g/mol. The quantitative estimate of drug-likeness (QED) is 0.455. The van der Waals surface area contributed by atoms with E-state index in [-0.39, 0.29) is 41.9 Å². The van der Waals surface area contributed by atoms with Gasteiger partial charge in [-0.3, -0.25) is 9.78 Å². The number of alkyl halides is 1. The van der Waals surface area contributed by atoms with Gasteiger partial charge in [-0.15, -0.1) is 10.2 Å². The third kappa shape index (κ3) is 6.09. The van der Waals surface area contributed by atoms with Gasteiger partial charge in [0.15, 0.2) is 0 Å². The molecule has 0 bridgehead atoms. The monoisotopic (exact) mass is 471 g/mol. The van der Waals surface area contributed by atoms with Crippen LogP contribution in [0.25, 0.3) is 11.3 Å². The van der Waals surface area contributed by atoms with Crippen LogP contribution in [0.3, 0.4) is 0 Å². The van der Waals surface area contributed by atoms with Crippen molar-refractivity contribution in [3.05, 3.63) is 71.6 Å². The second-order valence-corrected chi connectivity index (χ2v) is 8.86. The van der Waals surface area contributed by atoms with E-state index < -0.39 is 23.2 Å². The molecule has 34 heavy (non-hydrogen) atoms. The topological polar surface area (TPSA) is 79.8 Å². The Morgan fingerprint density at radius 3 is 2.44 bits per heavy atom. The normalized spacial score (nSPS) is 13.9. The van der Waals surface area contributed by atoms with E-state index in [9.17, 15) is 18.0 Å². The molecule has 2 heterocycles. The first-order valence-corrected chi connectivity index (χ1v) is 11.0. The lowest BCUT2D eigenvalue weighted by molar-refractivity contribution is 0.0943. The van der Waals surface area contributed by atoms with Crippen molar-refractivity contribution in [2.45, 2.75) is 51.7 Å². The van der Waals surface area contributed by atoms with Gasteiger partial charge in [-0.05, 0) is 69.7 Å². The van der Waals surface area contributed by atoms with Crippen molar-refractivity contribution >= 4 is 11.7 Å². The van der Waals surface area contributed by atoms with E-state index >= 15 is 0 Å². The van der Waals surface area contributed by atoms with E-state index in [1.165, 1.54) is 43.5 Å². The van der Waals surface area contributed by atoms with E-state index in [0.29, 0.717) is 11.4 Å². The molecule has 1 aromatic carbocycles. The summed E-state index contributed by atoms with van der Waals surface area (Å²) in [6.07, 6.45) is 0.346. The summed E-state index contributed by atoms with van der Waals surface area (Å²) in [5.74, 6) is -1.01. The maximum Gasteiger partial charge on any atom is 0.251 e.